The number of phenols is 1. The van der Waals surface area contributed by atoms with Crippen LogP contribution in [-0.4, -0.2) is 17.7 Å². The van der Waals surface area contributed by atoms with Crippen LogP contribution in [0.1, 0.15) is 24.0 Å². The van der Waals surface area contributed by atoms with E-state index in [-0.39, 0.29) is 23.8 Å². The fourth-order valence-electron chi connectivity index (χ4n) is 2.75. The summed E-state index contributed by atoms with van der Waals surface area (Å²) in [4.78, 5) is 12.4. The number of phenolic OH excluding ortho intramolecular Hbond substituents is 1. The number of hydrogen-bond donors (Lipinski definition) is 2. The summed E-state index contributed by atoms with van der Waals surface area (Å²) in [6, 6.07) is 11.8. The molecule has 0 fully saturated rings. The van der Waals surface area contributed by atoms with Gasteiger partial charge < -0.3 is 20.3 Å². The molecule has 2 aromatic carbocycles. The van der Waals surface area contributed by atoms with Gasteiger partial charge in [-0.05, 0) is 30.7 Å². The molecule has 1 atom stereocenters. The van der Waals surface area contributed by atoms with E-state index in [1.165, 1.54) is 12.1 Å². The molecule has 3 N–H and O–H groups in total. The van der Waals surface area contributed by atoms with Gasteiger partial charge in [-0.15, -0.1) is 0 Å². The first-order valence-corrected chi connectivity index (χ1v) is 7.82. The summed E-state index contributed by atoms with van der Waals surface area (Å²) in [5.41, 5.74) is 7.75. The maximum atomic E-state index is 12.4. The maximum Gasteiger partial charge on any atom is 0.340 e. The summed E-state index contributed by atoms with van der Waals surface area (Å²) in [5.74, 6) is -0.581. The summed E-state index contributed by atoms with van der Waals surface area (Å²) < 4.78 is 10.7. The fourth-order valence-corrected chi connectivity index (χ4v) is 2.88. The van der Waals surface area contributed by atoms with E-state index in [1.807, 2.05) is 12.1 Å². The van der Waals surface area contributed by atoms with E-state index < -0.39 is 11.9 Å². The van der Waals surface area contributed by atoms with Crippen molar-refractivity contribution in [1.82, 2.24) is 0 Å². The van der Waals surface area contributed by atoms with Crippen LogP contribution >= 0.6 is 11.6 Å². The van der Waals surface area contributed by atoms with Crippen molar-refractivity contribution in [3.63, 3.8) is 0 Å². The second-order valence-electron chi connectivity index (χ2n) is 5.31. The van der Waals surface area contributed by atoms with E-state index in [0.717, 1.165) is 5.56 Å². The standard InChI is InChI=1S/C18H16ClNO4/c1-2-23-18(22)16-15(10-3-5-11(19)6-4-10)13-8-7-12(21)9-14(13)24-17(16)20/h3-9,15,21H,2,20H2,1H3/t15-/m1/s1. The van der Waals surface area contributed by atoms with E-state index in [0.29, 0.717) is 16.3 Å². The first-order valence-electron chi connectivity index (χ1n) is 7.44. The minimum Gasteiger partial charge on any atom is -0.508 e. The number of fused-ring (bicyclic) bond motifs is 1. The van der Waals surface area contributed by atoms with Gasteiger partial charge in [0.15, 0.2) is 0 Å². The molecule has 1 heterocycles. The molecule has 3 rings (SSSR count). The quantitative estimate of drug-likeness (QED) is 0.834. The highest BCUT2D eigenvalue weighted by Gasteiger charge is 2.35. The maximum absolute atomic E-state index is 12.4. The van der Waals surface area contributed by atoms with Crippen molar-refractivity contribution in [3.05, 3.63) is 70.1 Å². The van der Waals surface area contributed by atoms with Gasteiger partial charge in [0.05, 0.1) is 12.5 Å². The molecule has 0 unspecified atom stereocenters. The van der Waals surface area contributed by atoms with Crippen molar-refractivity contribution in [2.24, 2.45) is 5.73 Å². The Kier molecular flexibility index (Phi) is 4.36. The lowest BCUT2D eigenvalue weighted by atomic mass is 9.83. The molecule has 124 valence electrons. The van der Waals surface area contributed by atoms with Crippen LogP contribution in [0, 0.1) is 0 Å². The predicted octanol–water partition coefficient (Wildman–Crippen LogP) is 3.30. The third kappa shape index (κ3) is 2.90. The average Bonchev–Trinajstić information content (AvgIpc) is 2.54. The largest absolute Gasteiger partial charge is 0.508 e. The number of esters is 1. The molecule has 0 spiro atoms. The van der Waals surface area contributed by atoms with Crippen molar-refractivity contribution < 1.29 is 19.4 Å². The van der Waals surface area contributed by atoms with Crippen LogP contribution < -0.4 is 10.5 Å². The van der Waals surface area contributed by atoms with Crippen LogP contribution in [0.4, 0.5) is 0 Å². The Balaban J connectivity index is 2.18. The highest BCUT2D eigenvalue weighted by molar-refractivity contribution is 6.30. The Bertz CT molecular complexity index is 814. The number of nitrogens with two attached hydrogens (primary N) is 1. The molecule has 0 radical (unpaired) electrons. The van der Waals surface area contributed by atoms with Crippen LogP contribution in [0.25, 0.3) is 0 Å². The van der Waals surface area contributed by atoms with Crippen LogP contribution in [0.15, 0.2) is 53.9 Å². The van der Waals surface area contributed by atoms with Gasteiger partial charge in [-0.25, -0.2) is 4.79 Å². The smallest absolute Gasteiger partial charge is 0.340 e. The summed E-state index contributed by atoms with van der Waals surface area (Å²) in [6.07, 6.45) is 0. The van der Waals surface area contributed by atoms with Crippen molar-refractivity contribution in [2.75, 3.05) is 6.61 Å². The van der Waals surface area contributed by atoms with Crippen LogP contribution in [0.3, 0.4) is 0 Å². The van der Waals surface area contributed by atoms with Crippen molar-refractivity contribution in [2.45, 2.75) is 12.8 Å². The number of hydrogen-bond acceptors (Lipinski definition) is 5. The fraction of sp³-hybridized carbons (Fsp3) is 0.167. The van der Waals surface area contributed by atoms with Gasteiger partial charge in [-0.2, -0.15) is 0 Å². The molecular formula is C18H16ClNO4. The predicted molar refractivity (Wildman–Crippen MR) is 89.9 cm³/mol. The van der Waals surface area contributed by atoms with Crippen LogP contribution in [0.2, 0.25) is 5.02 Å². The van der Waals surface area contributed by atoms with Gasteiger partial charge in [0.25, 0.3) is 0 Å². The molecule has 0 aromatic heterocycles. The number of carbonyl (C=O) groups excluding carboxylic acids is 1. The summed E-state index contributed by atoms with van der Waals surface area (Å²) in [6.45, 7) is 1.95. The number of halogens is 1. The molecule has 0 saturated heterocycles. The summed E-state index contributed by atoms with van der Waals surface area (Å²) in [5, 5.41) is 10.3. The minimum atomic E-state index is -0.534. The third-order valence-electron chi connectivity index (χ3n) is 3.78. The molecule has 2 aromatic rings. The first kappa shape index (κ1) is 16.2. The van der Waals surface area contributed by atoms with E-state index in [9.17, 15) is 9.90 Å². The molecular weight excluding hydrogens is 330 g/mol. The molecule has 1 aliphatic rings. The van der Waals surface area contributed by atoms with Gasteiger partial charge in [0.2, 0.25) is 5.88 Å². The van der Waals surface area contributed by atoms with Gasteiger partial charge >= 0.3 is 5.97 Å². The van der Waals surface area contributed by atoms with Gasteiger partial charge in [0.1, 0.15) is 17.1 Å². The normalized spacial score (nSPS) is 16.3. The summed E-state index contributed by atoms with van der Waals surface area (Å²) in [7, 11) is 0. The Morgan fingerprint density at radius 1 is 1.29 bits per heavy atom. The Labute approximate surface area is 144 Å². The van der Waals surface area contributed by atoms with Gasteiger partial charge in [-0.1, -0.05) is 29.8 Å². The lowest BCUT2D eigenvalue weighted by Crippen LogP contribution is -2.27. The second-order valence-corrected chi connectivity index (χ2v) is 5.74. The number of rotatable bonds is 3. The number of ether oxygens (including phenoxy) is 2. The molecule has 1 aliphatic heterocycles. The lowest BCUT2D eigenvalue weighted by Gasteiger charge is -2.28. The van der Waals surface area contributed by atoms with E-state index in [2.05, 4.69) is 0 Å². The Morgan fingerprint density at radius 3 is 2.67 bits per heavy atom. The van der Waals surface area contributed by atoms with E-state index in [4.69, 9.17) is 26.8 Å². The average molecular weight is 346 g/mol. The van der Waals surface area contributed by atoms with Crippen molar-refractivity contribution in [3.8, 4) is 11.5 Å². The first-order chi connectivity index (χ1) is 11.5. The zero-order valence-corrected chi connectivity index (χ0v) is 13.7. The molecule has 0 saturated carbocycles. The second kappa shape index (κ2) is 6.45. The zero-order chi connectivity index (χ0) is 17.3. The van der Waals surface area contributed by atoms with Gasteiger partial charge in [0, 0.05) is 16.7 Å². The topological polar surface area (TPSA) is 81.8 Å². The molecule has 24 heavy (non-hydrogen) atoms. The van der Waals surface area contributed by atoms with Gasteiger partial charge in [-0.3, -0.25) is 0 Å². The van der Waals surface area contributed by atoms with E-state index in [1.54, 1.807) is 25.1 Å². The van der Waals surface area contributed by atoms with Crippen LogP contribution in [-0.2, 0) is 9.53 Å². The lowest BCUT2D eigenvalue weighted by molar-refractivity contribution is -0.139. The van der Waals surface area contributed by atoms with Crippen molar-refractivity contribution >= 4 is 17.6 Å². The molecule has 5 nitrogen and oxygen atoms in total. The summed E-state index contributed by atoms with van der Waals surface area (Å²) >= 11 is 5.96. The Morgan fingerprint density at radius 2 is 2.00 bits per heavy atom. The van der Waals surface area contributed by atoms with E-state index >= 15 is 0 Å². The number of aromatic hydroxyl groups is 1. The molecule has 0 aliphatic carbocycles. The Hall–Kier alpha value is -2.66. The monoisotopic (exact) mass is 345 g/mol. The molecule has 0 amide bonds. The minimum absolute atomic E-state index is 0.0356. The molecule has 0 bridgehead atoms. The zero-order valence-electron chi connectivity index (χ0n) is 13.0. The molecule has 6 heteroatoms. The third-order valence-corrected chi connectivity index (χ3v) is 4.03. The van der Waals surface area contributed by atoms with Crippen LogP contribution in [0.5, 0.6) is 11.5 Å². The SMILES string of the molecule is CCOC(=O)C1=C(N)Oc2cc(O)ccc2[C@H]1c1ccc(Cl)cc1. The highest BCUT2D eigenvalue weighted by Crippen LogP contribution is 2.44. The number of benzene rings is 2. The van der Waals surface area contributed by atoms with Crippen molar-refractivity contribution in [1.29, 1.82) is 0 Å². The highest BCUT2D eigenvalue weighted by atomic mass is 35.5. The number of carbonyl (C=O) groups is 1.